The lowest BCUT2D eigenvalue weighted by molar-refractivity contribution is 0.0115. The Morgan fingerprint density at radius 1 is 0.969 bits per heavy atom. The summed E-state index contributed by atoms with van der Waals surface area (Å²) in [6.07, 6.45) is 3.74. The van der Waals surface area contributed by atoms with Gasteiger partial charge in [-0.1, -0.05) is 42.5 Å². The number of aliphatic hydroxyl groups is 1. The van der Waals surface area contributed by atoms with Crippen LogP contribution in [0.25, 0.3) is 10.9 Å². The molecule has 1 saturated carbocycles. The zero-order valence-corrected chi connectivity index (χ0v) is 17.8. The first-order valence-electron chi connectivity index (χ1n) is 11.3. The molecule has 7 nitrogen and oxygen atoms in total. The minimum atomic E-state index is -0.802. The summed E-state index contributed by atoms with van der Waals surface area (Å²) in [5.74, 6) is 2.83. The van der Waals surface area contributed by atoms with E-state index in [2.05, 4.69) is 26.5 Å². The van der Waals surface area contributed by atoms with Crippen LogP contribution < -0.4 is 10.2 Å². The maximum atomic E-state index is 11.2. The van der Waals surface area contributed by atoms with Crippen LogP contribution in [0.4, 0.5) is 17.6 Å². The average molecular weight is 427 g/mol. The Kier molecular flexibility index (Phi) is 4.57. The third-order valence-corrected chi connectivity index (χ3v) is 6.64. The van der Waals surface area contributed by atoms with Crippen LogP contribution in [0.5, 0.6) is 0 Å². The highest BCUT2D eigenvalue weighted by Crippen LogP contribution is 2.40. The van der Waals surface area contributed by atoms with Gasteiger partial charge in [0.05, 0.1) is 11.1 Å². The van der Waals surface area contributed by atoms with Gasteiger partial charge < -0.3 is 15.3 Å². The summed E-state index contributed by atoms with van der Waals surface area (Å²) in [6.45, 7) is 1.38. The largest absolute Gasteiger partial charge is 0.385 e. The maximum Gasteiger partial charge on any atom is 0.227 e. The molecule has 2 fully saturated rings. The molecule has 1 saturated heterocycles. The van der Waals surface area contributed by atoms with Crippen molar-refractivity contribution in [2.75, 3.05) is 23.3 Å². The Balaban J connectivity index is 1.28. The Labute approximate surface area is 186 Å². The van der Waals surface area contributed by atoms with E-state index in [4.69, 9.17) is 9.97 Å². The van der Waals surface area contributed by atoms with Gasteiger partial charge in [-0.05, 0) is 43.4 Å². The fourth-order valence-corrected chi connectivity index (χ4v) is 4.54. The summed E-state index contributed by atoms with van der Waals surface area (Å²) in [5, 5.41) is 23.1. The van der Waals surface area contributed by atoms with E-state index in [0.29, 0.717) is 37.8 Å². The molecule has 2 aromatic carbocycles. The Morgan fingerprint density at radius 3 is 2.50 bits per heavy atom. The van der Waals surface area contributed by atoms with Crippen LogP contribution in [0.3, 0.4) is 0 Å². The molecule has 32 heavy (non-hydrogen) atoms. The second kappa shape index (κ2) is 7.60. The molecule has 3 heterocycles. The number of anilines is 3. The normalized spacial score (nSPS) is 18.1. The molecule has 162 valence electrons. The summed E-state index contributed by atoms with van der Waals surface area (Å²) in [5.41, 5.74) is 2.25. The van der Waals surface area contributed by atoms with E-state index in [9.17, 15) is 5.11 Å². The van der Waals surface area contributed by atoms with Gasteiger partial charge in [-0.3, -0.25) is 5.10 Å². The van der Waals surface area contributed by atoms with Crippen molar-refractivity contribution in [3.05, 3.63) is 71.9 Å². The van der Waals surface area contributed by atoms with Crippen LogP contribution in [-0.4, -0.2) is 38.4 Å². The Morgan fingerprint density at radius 2 is 1.72 bits per heavy atom. The minimum Gasteiger partial charge on any atom is -0.385 e. The van der Waals surface area contributed by atoms with Gasteiger partial charge in [0.2, 0.25) is 5.95 Å². The molecule has 0 bridgehead atoms. The second-order valence-corrected chi connectivity index (χ2v) is 8.88. The number of aromatic nitrogens is 4. The van der Waals surface area contributed by atoms with Crippen molar-refractivity contribution in [1.82, 2.24) is 20.2 Å². The van der Waals surface area contributed by atoms with E-state index in [1.807, 2.05) is 54.6 Å². The van der Waals surface area contributed by atoms with Gasteiger partial charge in [0, 0.05) is 36.2 Å². The van der Waals surface area contributed by atoms with Crippen molar-refractivity contribution in [1.29, 1.82) is 0 Å². The molecular formula is C25H26N6O. The summed E-state index contributed by atoms with van der Waals surface area (Å²) in [6, 6.07) is 20.1. The van der Waals surface area contributed by atoms with E-state index in [-0.39, 0.29) is 0 Å². The first-order valence-corrected chi connectivity index (χ1v) is 11.3. The number of rotatable bonds is 5. The van der Waals surface area contributed by atoms with Crippen molar-refractivity contribution < 1.29 is 5.11 Å². The number of hydrogen-bond acceptors (Lipinski definition) is 6. The van der Waals surface area contributed by atoms with Crippen LogP contribution in [0, 0.1) is 0 Å². The molecule has 6 rings (SSSR count). The lowest BCUT2D eigenvalue weighted by Crippen LogP contribution is -2.43. The number of H-pyrrole nitrogens is 1. The summed E-state index contributed by atoms with van der Waals surface area (Å²) in [4.78, 5) is 11.9. The molecule has 2 aliphatic rings. The van der Waals surface area contributed by atoms with Crippen LogP contribution in [0.1, 0.15) is 42.9 Å². The van der Waals surface area contributed by atoms with Gasteiger partial charge >= 0.3 is 0 Å². The smallest absolute Gasteiger partial charge is 0.227 e. The molecule has 0 unspecified atom stereocenters. The molecule has 1 aliphatic carbocycles. The zero-order valence-electron chi connectivity index (χ0n) is 17.8. The van der Waals surface area contributed by atoms with Crippen LogP contribution in [0.15, 0.2) is 60.7 Å². The first kappa shape index (κ1) is 19.3. The van der Waals surface area contributed by atoms with Gasteiger partial charge in [0.15, 0.2) is 5.82 Å². The van der Waals surface area contributed by atoms with Crippen LogP contribution in [-0.2, 0) is 5.60 Å². The monoisotopic (exact) mass is 426 g/mol. The molecule has 4 aromatic rings. The number of nitrogens with one attached hydrogen (secondary N) is 2. The predicted molar refractivity (Wildman–Crippen MR) is 125 cm³/mol. The van der Waals surface area contributed by atoms with E-state index in [1.54, 1.807) is 0 Å². The molecule has 2 aromatic heterocycles. The Bertz CT molecular complexity index is 1240. The third kappa shape index (κ3) is 3.58. The average Bonchev–Trinajstić information content (AvgIpc) is 3.59. The van der Waals surface area contributed by atoms with Crippen molar-refractivity contribution >= 4 is 28.5 Å². The zero-order chi connectivity index (χ0) is 21.5. The molecule has 0 atom stereocenters. The quantitative estimate of drug-likeness (QED) is 0.437. The van der Waals surface area contributed by atoms with Gasteiger partial charge in [0.25, 0.3) is 0 Å². The summed E-state index contributed by atoms with van der Waals surface area (Å²) >= 11 is 0. The number of hydrogen-bond donors (Lipinski definition) is 3. The van der Waals surface area contributed by atoms with Crippen molar-refractivity contribution in [3.8, 4) is 0 Å². The first-order chi connectivity index (χ1) is 15.7. The predicted octanol–water partition coefficient (Wildman–Crippen LogP) is 4.46. The highest BCUT2D eigenvalue weighted by molar-refractivity contribution is 5.91. The van der Waals surface area contributed by atoms with E-state index in [1.165, 1.54) is 18.5 Å². The molecule has 1 aliphatic heterocycles. The second-order valence-electron chi connectivity index (χ2n) is 8.88. The highest BCUT2D eigenvalue weighted by Gasteiger charge is 2.34. The molecule has 0 radical (unpaired) electrons. The summed E-state index contributed by atoms with van der Waals surface area (Å²) < 4.78 is 0. The lowest BCUT2D eigenvalue weighted by Gasteiger charge is -2.38. The molecule has 7 heteroatoms. The van der Waals surface area contributed by atoms with Crippen LogP contribution >= 0.6 is 0 Å². The van der Waals surface area contributed by atoms with Crippen molar-refractivity contribution in [2.45, 2.75) is 37.2 Å². The number of benzene rings is 2. The fourth-order valence-electron chi connectivity index (χ4n) is 4.54. The van der Waals surface area contributed by atoms with E-state index >= 15 is 0 Å². The summed E-state index contributed by atoms with van der Waals surface area (Å²) in [7, 11) is 0. The van der Waals surface area contributed by atoms with Gasteiger partial charge in [-0.25, -0.2) is 4.98 Å². The molecule has 0 amide bonds. The van der Waals surface area contributed by atoms with E-state index < -0.39 is 5.60 Å². The standard InChI is InChI=1S/C25H26N6O/c32-25(18-6-2-1-3-7-18)12-14-31(15-13-25)24-26-20-9-5-4-8-19(20)23(28-24)27-22-16-21(29-30-22)17-10-11-17/h1-9,16-17,32H,10-15H2,(H2,26,27,28,29,30). The van der Waals surface area contributed by atoms with E-state index in [0.717, 1.165) is 28.1 Å². The number of para-hydroxylation sites is 1. The SMILES string of the molecule is OC1(c2ccccc2)CCN(c2nc(Nc3cc(C4CC4)[nH]n3)c3ccccc3n2)CC1. The number of aromatic amines is 1. The highest BCUT2D eigenvalue weighted by atomic mass is 16.3. The van der Waals surface area contributed by atoms with Crippen molar-refractivity contribution in [2.24, 2.45) is 0 Å². The topological polar surface area (TPSA) is 90.0 Å². The van der Waals surface area contributed by atoms with Crippen LogP contribution in [0.2, 0.25) is 0 Å². The minimum absolute atomic E-state index is 0.618. The van der Waals surface area contributed by atoms with Crippen molar-refractivity contribution in [3.63, 3.8) is 0 Å². The number of nitrogens with zero attached hydrogens (tertiary/aromatic N) is 4. The van der Waals surface area contributed by atoms with Gasteiger partial charge in [0.1, 0.15) is 5.82 Å². The molecular weight excluding hydrogens is 400 g/mol. The lowest BCUT2D eigenvalue weighted by atomic mass is 9.84. The van der Waals surface area contributed by atoms with Gasteiger partial charge in [-0.15, -0.1) is 0 Å². The maximum absolute atomic E-state index is 11.2. The Hall–Kier alpha value is -3.45. The fraction of sp³-hybridized carbons (Fsp3) is 0.320. The third-order valence-electron chi connectivity index (χ3n) is 6.64. The number of piperidine rings is 1. The molecule has 0 spiro atoms. The van der Waals surface area contributed by atoms with Gasteiger partial charge in [-0.2, -0.15) is 10.1 Å². The number of fused-ring (bicyclic) bond motifs is 1. The molecule has 3 N–H and O–H groups in total.